The van der Waals surface area contributed by atoms with Gasteiger partial charge in [-0.1, -0.05) is 33.6 Å². The van der Waals surface area contributed by atoms with E-state index in [-0.39, 0.29) is 5.75 Å². The van der Waals surface area contributed by atoms with Gasteiger partial charge in [0.15, 0.2) is 11.6 Å². The van der Waals surface area contributed by atoms with Gasteiger partial charge in [0.1, 0.15) is 5.75 Å². The second kappa shape index (κ2) is 6.37. The first-order valence-electron chi connectivity index (χ1n) is 5.71. The summed E-state index contributed by atoms with van der Waals surface area (Å²) in [5.41, 5.74) is 6.48. The van der Waals surface area contributed by atoms with Crippen LogP contribution in [0.15, 0.2) is 40.9 Å². The van der Waals surface area contributed by atoms with E-state index in [1.165, 1.54) is 12.1 Å². The summed E-state index contributed by atoms with van der Waals surface area (Å²) in [5.74, 6) is 0.230. The molecule has 0 aliphatic heterocycles. The Morgan fingerprint density at radius 3 is 2.63 bits per heavy atom. The van der Waals surface area contributed by atoms with Gasteiger partial charge in [0.05, 0.1) is 0 Å². The van der Waals surface area contributed by atoms with Crippen molar-refractivity contribution in [3.63, 3.8) is 0 Å². The van der Waals surface area contributed by atoms with Gasteiger partial charge in [-0.15, -0.1) is 0 Å². The second-order valence-electron chi connectivity index (χ2n) is 3.97. The van der Waals surface area contributed by atoms with Crippen molar-refractivity contribution in [2.75, 3.05) is 6.54 Å². The third-order valence-corrected chi connectivity index (χ3v) is 3.29. The highest BCUT2D eigenvalue weighted by Gasteiger charge is 2.09. The number of ether oxygens (including phenoxy) is 1. The fraction of sp³-hybridized carbons (Fsp3) is 0.143. The first kappa shape index (κ1) is 14.3. The smallest absolute Gasteiger partial charge is 0.167 e. The molecule has 0 aliphatic rings. The van der Waals surface area contributed by atoms with Crippen molar-refractivity contribution < 1.29 is 9.13 Å². The second-order valence-corrected chi connectivity index (χ2v) is 5.32. The van der Waals surface area contributed by atoms with Crippen molar-refractivity contribution in [1.82, 2.24) is 0 Å². The summed E-state index contributed by atoms with van der Waals surface area (Å²) >= 11 is 9.07. The molecule has 0 heterocycles. The Labute approximate surface area is 124 Å². The Balaban J connectivity index is 2.33. The highest BCUT2D eigenvalue weighted by Crippen LogP contribution is 2.31. The van der Waals surface area contributed by atoms with Gasteiger partial charge in [-0.2, -0.15) is 0 Å². The van der Waals surface area contributed by atoms with Gasteiger partial charge in [-0.3, -0.25) is 0 Å². The Hall–Kier alpha value is -1.10. The van der Waals surface area contributed by atoms with E-state index >= 15 is 0 Å². The molecule has 19 heavy (non-hydrogen) atoms. The molecule has 0 saturated heterocycles. The minimum atomic E-state index is -0.494. The molecule has 2 aromatic rings. The molecule has 0 spiro atoms. The quantitative estimate of drug-likeness (QED) is 0.884. The van der Waals surface area contributed by atoms with Gasteiger partial charge in [0, 0.05) is 9.50 Å². The van der Waals surface area contributed by atoms with E-state index in [2.05, 4.69) is 15.9 Å². The van der Waals surface area contributed by atoms with Gasteiger partial charge in [-0.05, 0) is 48.9 Å². The standard InChI is InChI=1S/C14H12BrClFNO/c15-10-2-1-9(5-6-18)14(7-10)19-13-4-3-11(16)8-12(13)17/h1-4,7-8H,5-6,18H2. The minimum Gasteiger partial charge on any atom is -0.454 e. The third-order valence-electron chi connectivity index (χ3n) is 2.56. The van der Waals surface area contributed by atoms with Crippen molar-refractivity contribution in [1.29, 1.82) is 0 Å². The molecule has 0 aromatic heterocycles. The van der Waals surface area contributed by atoms with Crippen LogP contribution in [0.2, 0.25) is 5.02 Å². The van der Waals surface area contributed by atoms with E-state index in [0.717, 1.165) is 10.0 Å². The summed E-state index contributed by atoms with van der Waals surface area (Å²) in [6.45, 7) is 0.501. The van der Waals surface area contributed by atoms with E-state index < -0.39 is 5.82 Å². The molecular formula is C14H12BrClFNO. The van der Waals surface area contributed by atoms with Crippen molar-refractivity contribution in [2.24, 2.45) is 5.73 Å². The molecule has 0 atom stereocenters. The summed E-state index contributed by atoms with van der Waals surface area (Å²) < 4.78 is 20.2. The lowest BCUT2D eigenvalue weighted by Crippen LogP contribution is -2.04. The van der Waals surface area contributed by atoms with Crippen molar-refractivity contribution >= 4 is 27.5 Å². The summed E-state index contributed by atoms with van der Waals surface area (Å²) in [6, 6.07) is 9.90. The normalized spacial score (nSPS) is 10.5. The molecule has 2 N–H and O–H groups in total. The Morgan fingerprint density at radius 1 is 1.16 bits per heavy atom. The number of benzene rings is 2. The van der Waals surface area contributed by atoms with Gasteiger partial charge in [0.25, 0.3) is 0 Å². The first-order valence-corrected chi connectivity index (χ1v) is 6.88. The van der Waals surface area contributed by atoms with Crippen LogP contribution in [0.3, 0.4) is 0 Å². The summed E-state index contributed by atoms with van der Waals surface area (Å²) in [4.78, 5) is 0. The van der Waals surface area contributed by atoms with Gasteiger partial charge < -0.3 is 10.5 Å². The average Bonchev–Trinajstić information content (AvgIpc) is 2.36. The molecule has 0 fully saturated rings. The van der Waals surface area contributed by atoms with Gasteiger partial charge in [0.2, 0.25) is 0 Å². The predicted octanol–water partition coefficient (Wildman–Crippen LogP) is 4.54. The molecule has 0 aliphatic carbocycles. The summed E-state index contributed by atoms with van der Waals surface area (Å²) in [5, 5.41) is 0.335. The van der Waals surface area contributed by atoms with Crippen LogP contribution in [0, 0.1) is 5.82 Å². The monoisotopic (exact) mass is 343 g/mol. The Kier molecular flexibility index (Phi) is 4.80. The van der Waals surface area contributed by atoms with Crippen LogP contribution in [0.1, 0.15) is 5.56 Å². The van der Waals surface area contributed by atoms with Crippen molar-refractivity contribution in [2.45, 2.75) is 6.42 Å². The third kappa shape index (κ3) is 3.69. The molecule has 2 nitrogen and oxygen atoms in total. The molecule has 100 valence electrons. The van der Waals surface area contributed by atoms with Crippen molar-refractivity contribution in [3.8, 4) is 11.5 Å². The molecule has 0 unspecified atom stereocenters. The van der Waals surface area contributed by atoms with Crippen LogP contribution in [0.25, 0.3) is 0 Å². The van der Waals surface area contributed by atoms with Crippen LogP contribution in [-0.4, -0.2) is 6.54 Å². The molecule has 2 rings (SSSR count). The van der Waals surface area contributed by atoms with Crippen LogP contribution in [-0.2, 0) is 6.42 Å². The van der Waals surface area contributed by atoms with E-state index in [0.29, 0.717) is 23.7 Å². The lowest BCUT2D eigenvalue weighted by atomic mass is 10.1. The minimum absolute atomic E-state index is 0.140. The van der Waals surface area contributed by atoms with E-state index in [9.17, 15) is 4.39 Å². The number of halogens is 3. The zero-order valence-electron chi connectivity index (χ0n) is 10.00. The SMILES string of the molecule is NCCc1ccc(Br)cc1Oc1ccc(Cl)cc1F. The summed E-state index contributed by atoms with van der Waals surface area (Å²) in [7, 11) is 0. The maximum atomic E-state index is 13.7. The Morgan fingerprint density at radius 2 is 1.95 bits per heavy atom. The van der Waals surface area contributed by atoms with Crippen LogP contribution in [0.4, 0.5) is 4.39 Å². The topological polar surface area (TPSA) is 35.2 Å². The molecule has 0 bridgehead atoms. The molecule has 0 amide bonds. The van der Waals surface area contributed by atoms with Crippen molar-refractivity contribution in [3.05, 3.63) is 57.3 Å². The molecule has 0 saturated carbocycles. The number of nitrogens with two attached hydrogens (primary N) is 1. The van der Waals surface area contributed by atoms with E-state index in [1.54, 1.807) is 12.1 Å². The molecule has 5 heteroatoms. The predicted molar refractivity (Wildman–Crippen MR) is 78.4 cm³/mol. The molecule has 0 radical (unpaired) electrons. The number of hydrogen-bond donors (Lipinski definition) is 1. The molecule has 2 aromatic carbocycles. The maximum absolute atomic E-state index is 13.7. The lowest BCUT2D eigenvalue weighted by molar-refractivity contribution is 0.437. The molecular weight excluding hydrogens is 333 g/mol. The number of rotatable bonds is 4. The van der Waals surface area contributed by atoms with Crippen LogP contribution >= 0.6 is 27.5 Å². The highest BCUT2D eigenvalue weighted by atomic mass is 79.9. The van der Waals surface area contributed by atoms with Gasteiger partial charge >= 0.3 is 0 Å². The fourth-order valence-electron chi connectivity index (χ4n) is 1.66. The van der Waals surface area contributed by atoms with E-state index in [1.807, 2.05) is 12.1 Å². The van der Waals surface area contributed by atoms with Gasteiger partial charge in [-0.25, -0.2) is 4.39 Å². The average molecular weight is 345 g/mol. The van der Waals surface area contributed by atoms with Crippen LogP contribution in [0.5, 0.6) is 11.5 Å². The zero-order valence-corrected chi connectivity index (χ0v) is 12.3. The fourth-order valence-corrected chi connectivity index (χ4v) is 2.16. The largest absolute Gasteiger partial charge is 0.454 e. The zero-order chi connectivity index (χ0) is 13.8. The lowest BCUT2D eigenvalue weighted by Gasteiger charge is -2.12. The van der Waals surface area contributed by atoms with E-state index in [4.69, 9.17) is 22.1 Å². The Bertz CT molecular complexity index is 592. The number of hydrogen-bond acceptors (Lipinski definition) is 2. The summed E-state index contributed by atoms with van der Waals surface area (Å²) in [6.07, 6.45) is 0.665. The maximum Gasteiger partial charge on any atom is 0.167 e. The first-order chi connectivity index (χ1) is 9.10. The van der Waals surface area contributed by atoms with Crippen LogP contribution < -0.4 is 10.5 Å². The highest BCUT2D eigenvalue weighted by molar-refractivity contribution is 9.10.